The predicted octanol–water partition coefficient (Wildman–Crippen LogP) is 2.07. The Morgan fingerprint density at radius 3 is 1.39 bits per heavy atom. The number of anilines is 4. The van der Waals surface area contributed by atoms with E-state index in [0.29, 0.717) is 34.2 Å². The Morgan fingerprint density at radius 1 is 0.609 bits per heavy atom. The van der Waals surface area contributed by atoms with Crippen LogP contribution < -0.4 is 32.7 Å². The van der Waals surface area contributed by atoms with Crippen molar-refractivity contribution < 1.29 is 14.8 Å². The highest BCUT2D eigenvalue weighted by molar-refractivity contribution is 5.71. The standard InChI is InChI=1S/C16H16N4O3/c17-11-3-9-7-1-2-8(7)10-4-12(18)14(20)6-16(10)22-23-21-15(9)5-13(11)19/h1-8H,17-20H2. The van der Waals surface area contributed by atoms with Gasteiger partial charge in [-0.1, -0.05) is 12.2 Å². The SMILES string of the molecule is Nc1cc2c(cc1N)C1C=CC1c1cc(N)c(N)cc1OOO2. The summed E-state index contributed by atoms with van der Waals surface area (Å²) in [5.74, 6) is 1.04. The largest absolute Gasteiger partial charge is 0.397 e. The van der Waals surface area contributed by atoms with Gasteiger partial charge in [-0.3, -0.25) is 9.78 Å². The summed E-state index contributed by atoms with van der Waals surface area (Å²) in [6, 6.07) is 6.83. The first-order valence-electron chi connectivity index (χ1n) is 7.12. The number of rotatable bonds is 0. The van der Waals surface area contributed by atoms with Gasteiger partial charge in [0.05, 0.1) is 22.7 Å². The average molecular weight is 312 g/mol. The van der Waals surface area contributed by atoms with E-state index in [1.807, 2.05) is 0 Å². The third kappa shape index (κ3) is 2.01. The molecule has 0 bridgehead atoms. The number of nitrogen functional groups attached to an aromatic ring is 4. The van der Waals surface area contributed by atoms with Gasteiger partial charge in [-0.25, -0.2) is 0 Å². The Balaban J connectivity index is 1.86. The highest BCUT2D eigenvalue weighted by Gasteiger charge is 2.34. The maximum absolute atomic E-state index is 5.93. The van der Waals surface area contributed by atoms with Gasteiger partial charge in [-0.05, 0) is 12.1 Å². The second-order valence-electron chi connectivity index (χ2n) is 5.71. The monoisotopic (exact) mass is 312 g/mol. The quantitative estimate of drug-likeness (QED) is 0.332. The molecule has 0 aromatic heterocycles. The first-order valence-corrected chi connectivity index (χ1v) is 7.12. The number of hydrogen-bond donors (Lipinski definition) is 4. The zero-order chi connectivity index (χ0) is 16.1. The van der Waals surface area contributed by atoms with Crippen molar-refractivity contribution >= 4 is 22.7 Å². The van der Waals surface area contributed by atoms with Gasteiger partial charge in [0.15, 0.2) is 11.5 Å². The van der Waals surface area contributed by atoms with E-state index >= 15 is 0 Å². The fourth-order valence-electron chi connectivity index (χ4n) is 2.94. The molecule has 0 saturated heterocycles. The zero-order valence-corrected chi connectivity index (χ0v) is 12.2. The number of allylic oxidation sites excluding steroid dienone is 2. The second kappa shape index (κ2) is 4.72. The predicted molar refractivity (Wildman–Crippen MR) is 87.5 cm³/mol. The summed E-state index contributed by atoms with van der Waals surface area (Å²) < 4.78 is 0. The lowest BCUT2D eigenvalue weighted by molar-refractivity contribution is -0.411. The lowest BCUT2D eigenvalue weighted by Gasteiger charge is -2.31. The average Bonchev–Trinajstić information content (AvgIpc) is 2.50. The minimum absolute atomic E-state index is 0.0555. The van der Waals surface area contributed by atoms with Gasteiger partial charge in [0.1, 0.15) is 0 Å². The molecule has 1 aliphatic carbocycles. The van der Waals surface area contributed by atoms with Gasteiger partial charge in [0, 0.05) is 40.1 Å². The Kier molecular flexibility index (Phi) is 2.79. The Hall–Kier alpha value is -3.06. The molecule has 8 N–H and O–H groups in total. The Labute approximate surface area is 132 Å². The topological polar surface area (TPSA) is 132 Å². The summed E-state index contributed by atoms with van der Waals surface area (Å²) in [6.45, 7) is 0. The highest BCUT2D eigenvalue weighted by Crippen LogP contribution is 2.50. The summed E-state index contributed by atoms with van der Waals surface area (Å²) in [4.78, 5) is 10.5. The molecule has 2 aliphatic rings. The van der Waals surface area contributed by atoms with Crippen molar-refractivity contribution in [2.75, 3.05) is 22.9 Å². The van der Waals surface area contributed by atoms with Crippen LogP contribution in [0, 0.1) is 0 Å². The molecule has 1 heterocycles. The van der Waals surface area contributed by atoms with Gasteiger partial charge < -0.3 is 22.9 Å². The van der Waals surface area contributed by atoms with Gasteiger partial charge in [-0.2, -0.15) is 0 Å². The van der Waals surface area contributed by atoms with Gasteiger partial charge in [0.2, 0.25) is 0 Å². The van der Waals surface area contributed by atoms with E-state index in [9.17, 15) is 0 Å². The first-order chi connectivity index (χ1) is 11.0. The van der Waals surface area contributed by atoms with Crippen molar-refractivity contribution in [2.24, 2.45) is 0 Å². The molecule has 0 fully saturated rings. The zero-order valence-electron chi connectivity index (χ0n) is 12.2. The minimum atomic E-state index is 0.0555. The third-order valence-electron chi connectivity index (χ3n) is 4.31. The molecular weight excluding hydrogens is 296 g/mol. The molecule has 2 atom stereocenters. The lowest BCUT2D eigenvalue weighted by atomic mass is 9.73. The van der Waals surface area contributed by atoms with Crippen molar-refractivity contribution in [3.63, 3.8) is 0 Å². The molecule has 7 nitrogen and oxygen atoms in total. The van der Waals surface area contributed by atoms with Crippen LogP contribution in [-0.4, -0.2) is 0 Å². The van der Waals surface area contributed by atoms with Crippen molar-refractivity contribution in [3.05, 3.63) is 47.5 Å². The number of nitrogens with two attached hydrogens (primary N) is 4. The van der Waals surface area contributed by atoms with Crippen LogP contribution in [0.1, 0.15) is 23.0 Å². The Morgan fingerprint density at radius 2 is 1.00 bits per heavy atom. The van der Waals surface area contributed by atoms with Crippen LogP contribution in [0.3, 0.4) is 0 Å². The van der Waals surface area contributed by atoms with E-state index in [1.54, 1.807) is 24.3 Å². The molecule has 0 radical (unpaired) electrons. The minimum Gasteiger partial charge on any atom is -0.397 e. The molecule has 0 amide bonds. The van der Waals surface area contributed by atoms with Crippen molar-refractivity contribution in [2.45, 2.75) is 11.8 Å². The molecular formula is C16H16N4O3. The number of benzene rings is 2. The van der Waals surface area contributed by atoms with Crippen molar-refractivity contribution in [1.82, 2.24) is 0 Å². The van der Waals surface area contributed by atoms with Gasteiger partial charge in [0.25, 0.3) is 0 Å². The maximum Gasteiger partial charge on any atom is 0.175 e. The van der Waals surface area contributed by atoms with E-state index in [2.05, 4.69) is 12.2 Å². The summed E-state index contributed by atoms with van der Waals surface area (Å²) in [7, 11) is 0. The lowest BCUT2D eigenvalue weighted by Crippen LogP contribution is -2.16. The van der Waals surface area contributed by atoms with Crippen molar-refractivity contribution in [3.8, 4) is 11.5 Å². The van der Waals surface area contributed by atoms with E-state index < -0.39 is 0 Å². The van der Waals surface area contributed by atoms with E-state index in [-0.39, 0.29) is 11.8 Å². The smallest absolute Gasteiger partial charge is 0.175 e. The fourth-order valence-corrected chi connectivity index (χ4v) is 2.94. The molecule has 7 heteroatoms. The van der Waals surface area contributed by atoms with Crippen LogP contribution >= 0.6 is 0 Å². The van der Waals surface area contributed by atoms with Crippen LogP contribution in [-0.2, 0) is 5.04 Å². The molecule has 2 aromatic rings. The van der Waals surface area contributed by atoms with Gasteiger partial charge in [-0.15, -0.1) is 0 Å². The van der Waals surface area contributed by atoms with Gasteiger partial charge >= 0.3 is 0 Å². The number of fused-ring (bicyclic) bond motifs is 5. The Bertz CT molecular complexity index is 767. The van der Waals surface area contributed by atoms with E-state index in [4.69, 9.17) is 37.7 Å². The van der Waals surface area contributed by atoms with Crippen LogP contribution in [0.15, 0.2) is 36.4 Å². The number of hydrogen-bond acceptors (Lipinski definition) is 7. The third-order valence-corrected chi connectivity index (χ3v) is 4.31. The van der Waals surface area contributed by atoms with Crippen LogP contribution in [0.5, 0.6) is 11.5 Å². The second-order valence-corrected chi connectivity index (χ2v) is 5.71. The van der Waals surface area contributed by atoms with Crippen LogP contribution in [0.25, 0.3) is 0 Å². The summed E-state index contributed by atoms with van der Waals surface area (Å²) in [5, 5.41) is 4.90. The highest BCUT2D eigenvalue weighted by atomic mass is 17.5. The molecule has 0 spiro atoms. The molecule has 4 rings (SSSR count). The molecule has 2 unspecified atom stereocenters. The van der Waals surface area contributed by atoms with Crippen molar-refractivity contribution in [1.29, 1.82) is 0 Å². The molecule has 0 saturated carbocycles. The van der Waals surface area contributed by atoms with E-state index in [1.165, 1.54) is 0 Å². The maximum atomic E-state index is 5.93. The first kappa shape index (κ1) is 13.6. The van der Waals surface area contributed by atoms with Crippen LogP contribution in [0.4, 0.5) is 22.7 Å². The molecule has 1 aliphatic heterocycles. The summed E-state index contributed by atoms with van der Waals surface area (Å²) in [5.41, 5.74) is 27.1. The molecule has 2 aromatic carbocycles. The molecule has 23 heavy (non-hydrogen) atoms. The van der Waals surface area contributed by atoms with Crippen LogP contribution in [0.2, 0.25) is 0 Å². The normalized spacial score (nSPS) is 21.2. The van der Waals surface area contributed by atoms with E-state index in [0.717, 1.165) is 11.1 Å². The fraction of sp³-hybridized carbons (Fsp3) is 0.125. The summed E-state index contributed by atoms with van der Waals surface area (Å²) in [6.07, 6.45) is 4.12. The molecule has 118 valence electrons. The summed E-state index contributed by atoms with van der Waals surface area (Å²) >= 11 is 0.